The van der Waals surface area contributed by atoms with Crippen LogP contribution in [0.1, 0.15) is 21.0 Å². The summed E-state index contributed by atoms with van der Waals surface area (Å²) in [7, 11) is 1.30. The predicted octanol–water partition coefficient (Wildman–Crippen LogP) is 1.30. The lowest BCUT2D eigenvalue weighted by Crippen LogP contribution is -2.49. The standard InChI is InChI=1S/C17H17N5O4/c1-25-17(24)12-2-3-15(20-19-12)21-5-7-22(8-6-21)16(23)13-10-14-11(18-13)4-9-26-14/h2-4,9-10,18H,5-8H2,1H3. The average Bonchev–Trinajstić information content (AvgIpc) is 3.29. The lowest BCUT2D eigenvalue weighted by atomic mass is 10.2. The topological polar surface area (TPSA) is 105 Å². The van der Waals surface area contributed by atoms with Gasteiger partial charge in [0.2, 0.25) is 0 Å². The summed E-state index contributed by atoms with van der Waals surface area (Å²) in [4.78, 5) is 30.9. The van der Waals surface area contributed by atoms with Gasteiger partial charge in [-0.05, 0) is 12.1 Å². The lowest BCUT2D eigenvalue weighted by Gasteiger charge is -2.34. The maximum absolute atomic E-state index is 12.6. The smallest absolute Gasteiger partial charge is 0.358 e. The number of ether oxygens (including phenoxy) is 1. The predicted molar refractivity (Wildman–Crippen MR) is 92.1 cm³/mol. The van der Waals surface area contributed by atoms with Gasteiger partial charge in [-0.3, -0.25) is 4.79 Å². The summed E-state index contributed by atoms with van der Waals surface area (Å²) in [6, 6.07) is 6.83. The zero-order valence-electron chi connectivity index (χ0n) is 14.1. The number of furan rings is 1. The van der Waals surface area contributed by atoms with Gasteiger partial charge in [-0.15, -0.1) is 10.2 Å². The van der Waals surface area contributed by atoms with Gasteiger partial charge in [-0.1, -0.05) is 0 Å². The second-order valence-corrected chi connectivity index (χ2v) is 5.93. The molecular formula is C17H17N5O4. The molecule has 0 saturated carbocycles. The van der Waals surface area contributed by atoms with Crippen LogP contribution < -0.4 is 4.90 Å². The van der Waals surface area contributed by atoms with E-state index in [1.165, 1.54) is 7.11 Å². The summed E-state index contributed by atoms with van der Waals surface area (Å²) < 4.78 is 9.90. The fraction of sp³-hybridized carbons (Fsp3) is 0.294. The number of esters is 1. The molecule has 0 aliphatic carbocycles. The Morgan fingerprint density at radius 1 is 1.15 bits per heavy atom. The van der Waals surface area contributed by atoms with Gasteiger partial charge in [0.05, 0.1) is 18.9 Å². The molecule has 4 rings (SSSR count). The van der Waals surface area contributed by atoms with Gasteiger partial charge in [-0.2, -0.15) is 0 Å². The summed E-state index contributed by atoms with van der Waals surface area (Å²) in [5.74, 6) is 0.0986. The Balaban J connectivity index is 1.39. The second kappa shape index (κ2) is 6.51. The molecule has 0 bridgehead atoms. The first-order valence-corrected chi connectivity index (χ1v) is 8.18. The summed E-state index contributed by atoms with van der Waals surface area (Å²) in [5, 5.41) is 7.96. The molecule has 1 aliphatic rings. The number of amides is 1. The maximum atomic E-state index is 12.6. The fourth-order valence-corrected chi connectivity index (χ4v) is 2.98. The fourth-order valence-electron chi connectivity index (χ4n) is 2.98. The number of H-pyrrole nitrogens is 1. The van der Waals surface area contributed by atoms with Crippen LogP contribution in [-0.2, 0) is 4.74 Å². The van der Waals surface area contributed by atoms with Gasteiger partial charge in [0, 0.05) is 38.3 Å². The first-order valence-electron chi connectivity index (χ1n) is 8.18. The minimum Gasteiger partial charge on any atom is -0.464 e. The number of hydrogen-bond donors (Lipinski definition) is 1. The molecule has 1 N–H and O–H groups in total. The summed E-state index contributed by atoms with van der Waals surface area (Å²) in [6.07, 6.45) is 1.58. The van der Waals surface area contributed by atoms with E-state index >= 15 is 0 Å². The highest BCUT2D eigenvalue weighted by atomic mass is 16.5. The summed E-state index contributed by atoms with van der Waals surface area (Å²) in [5.41, 5.74) is 2.18. The van der Waals surface area contributed by atoms with E-state index in [0.29, 0.717) is 43.3 Å². The first-order chi connectivity index (χ1) is 12.7. The van der Waals surface area contributed by atoms with Crippen molar-refractivity contribution in [3.63, 3.8) is 0 Å². The van der Waals surface area contributed by atoms with Gasteiger partial charge in [0.1, 0.15) is 5.69 Å². The molecule has 3 aromatic heterocycles. The van der Waals surface area contributed by atoms with E-state index in [0.717, 1.165) is 5.52 Å². The number of anilines is 1. The zero-order valence-corrected chi connectivity index (χ0v) is 14.1. The van der Waals surface area contributed by atoms with Crippen LogP contribution in [0.25, 0.3) is 11.1 Å². The van der Waals surface area contributed by atoms with E-state index in [2.05, 4.69) is 19.9 Å². The number of hydrogen-bond acceptors (Lipinski definition) is 7. The van der Waals surface area contributed by atoms with Crippen LogP contribution in [0.2, 0.25) is 0 Å². The monoisotopic (exact) mass is 355 g/mol. The molecule has 1 saturated heterocycles. The van der Waals surface area contributed by atoms with Crippen molar-refractivity contribution in [2.24, 2.45) is 0 Å². The van der Waals surface area contributed by atoms with Crippen molar-refractivity contribution in [2.45, 2.75) is 0 Å². The maximum Gasteiger partial charge on any atom is 0.358 e. The van der Waals surface area contributed by atoms with Crippen LogP contribution in [0.15, 0.2) is 34.9 Å². The van der Waals surface area contributed by atoms with Crippen molar-refractivity contribution < 1.29 is 18.7 Å². The zero-order chi connectivity index (χ0) is 18.1. The van der Waals surface area contributed by atoms with E-state index in [1.54, 1.807) is 35.4 Å². The minimum absolute atomic E-state index is 0.0526. The molecule has 0 aromatic carbocycles. The molecule has 0 unspecified atom stereocenters. The number of aromatic nitrogens is 3. The number of carbonyl (C=O) groups excluding carboxylic acids is 2. The summed E-state index contributed by atoms with van der Waals surface area (Å²) in [6.45, 7) is 2.41. The molecule has 1 aliphatic heterocycles. The van der Waals surface area contributed by atoms with Crippen molar-refractivity contribution in [1.82, 2.24) is 20.1 Å². The molecular weight excluding hydrogens is 338 g/mol. The third kappa shape index (κ3) is 2.87. The van der Waals surface area contributed by atoms with Crippen LogP contribution in [-0.4, -0.2) is 65.2 Å². The number of rotatable bonds is 3. The van der Waals surface area contributed by atoms with Crippen molar-refractivity contribution >= 4 is 28.8 Å². The molecule has 26 heavy (non-hydrogen) atoms. The second-order valence-electron chi connectivity index (χ2n) is 5.93. The normalized spacial score (nSPS) is 14.7. The number of aromatic amines is 1. The number of nitrogens with one attached hydrogen (secondary N) is 1. The minimum atomic E-state index is -0.517. The highest BCUT2D eigenvalue weighted by Crippen LogP contribution is 2.19. The molecule has 9 nitrogen and oxygen atoms in total. The molecule has 0 spiro atoms. The molecule has 1 amide bonds. The Kier molecular flexibility index (Phi) is 4.04. The van der Waals surface area contributed by atoms with E-state index in [1.807, 2.05) is 4.90 Å². The molecule has 134 valence electrons. The van der Waals surface area contributed by atoms with Gasteiger partial charge in [-0.25, -0.2) is 4.79 Å². The SMILES string of the molecule is COC(=O)c1ccc(N2CCN(C(=O)c3cc4occc4[nH]3)CC2)nn1. The van der Waals surface area contributed by atoms with Crippen LogP contribution in [0.3, 0.4) is 0 Å². The lowest BCUT2D eigenvalue weighted by molar-refractivity contribution is 0.0592. The molecule has 4 heterocycles. The highest BCUT2D eigenvalue weighted by Gasteiger charge is 2.24. The van der Waals surface area contributed by atoms with E-state index in [-0.39, 0.29) is 11.6 Å². The van der Waals surface area contributed by atoms with Crippen LogP contribution >= 0.6 is 0 Å². The molecule has 0 radical (unpaired) electrons. The highest BCUT2D eigenvalue weighted by molar-refractivity contribution is 5.97. The Hall–Kier alpha value is -3.36. The van der Waals surface area contributed by atoms with Gasteiger partial charge in [0.25, 0.3) is 5.91 Å². The van der Waals surface area contributed by atoms with Gasteiger partial charge in [0.15, 0.2) is 17.1 Å². The number of methoxy groups -OCH3 is 1. The van der Waals surface area contributed by atoms with E-state index < -0.39 is 5.97 Å². The van der Waals surface area contributed by atoms with Crippen molar-refractivity contribution in [3.8, 4) is 0 Å². The number of piperazine rings is 1. The largest absolute Gasteiger partial charge is 0.464 e. The van der Waals surface area contributed by atoms with Crippen molar-refractivity contribution in [3.05, 3.63) is 41.9 Å². The Morgan fingerprint density at radius 3 is 2.62 bits per heavy atom. The number of nitrogens with zero attached hydrogens (tertiary/aromatic N) is 4. The van der Waals surface area contributed by atoms with Crippen molar-refractivity contribution in [2.75, 3.05) is 38.2 Å². The number of carbonyl (C=O) groups is 2. The third-order valence-electron chi connectivity index (χ3n) is 4.41. The Labute approximate surface area is 148 Å². The van der Waals surface area contributed by atoms with Crippen LogP contribution in [0.5, 0.6) is 0 Å². The number of fused-ring (bicyclic) bond motifs is 1. The first kappa shape index (κ1) is 16.1. The third-order valence-corrected chi connectivity index (χ3v) is 4.41. The summed E-state index contributed by atoms with van der Waals surface area (Å²) >= 11 is 0. The molecule has 1 fully saturated rings. The average molecular weight is 355 g/mol. The Bertz CT molecular complexity index is 909. The molecule has 9 heteroatoms. The van der Waals surface area contributed by atoms with Gasteiger partial charge < -0.3 is 23.9 Å². The van der Waals surface area contributed by atoms with Gasteiger partial charge >= 0.3 is 5.97 Å². The van der Waals surface area contributed by atoms with Crippen LogP contribution in [0.4, 0.5) is 5.82 Å². The van der Waals surface area contributed by atoms with E-state index in [9.17, 15) is 9.59 Å². The molecule has 3 aromatic rings. The van der Waals surface area contributed by atoms with Crippen molar-refractivity contribution in [1.29, 1.82) is 0 Å². The van der Waals surface area contributed by atoms with E-state index in [4.69, 9.17) is 4.42 Å². The van der Waals surface area contributed by atoms with Crippen LogP contribution in [0, 0.1) is 0 Å². The Morgan fingerprint density at radius 2 is 1.96 bits per heavy atom. The molecule has 0 atom stereocenters. The quantitative estimate of drug-likeness (QED) is 0.706.